The highest BCUT2D eigenvalue weighted by atomic mass is 35.5. The van der Waals surface area contributed by atoms with Crippen molar-refractivity contribution < 1.29 is 13.9 Å². The number of ether oxygens (including phenoxy) is 1. The van der Waals surface area contributed by atoms with Crippen LogP contribution in [-0.2, 0) is 31.2 Å². The summed E-state index contributed by atoms with van der Waals surface area (Å²) < 4.78 is 21.3. The van der Waals surface area contributed by atoms with Crippen molar-refractivity contribution >= 4 is 17.6 Å². The molecule has 8 nitrogen and oxygen atoms in total. The second-order valence-corrected chi connectivity index (χ2v) is 9.57. The summed E-state index contributed by atoms with van der Waals surface area (Å²) in [6, 6.07) is 5.45. The van der Waals surface area contributed by atoms with Gasteiger partial charge >= 0.3 is 6.03 Å². The number of amides is 2. The first kappa shape index (κ1) is 23.7. The Morgan fingerprint density at radius 3 is 2.89 bits per heavy atom. The number of nitrogens with zero attached hydrogens (tertiary/aromatic N) is 5. The lowest BCUT2D eigenvalue weighted by atomic mass is 9.96. The number of carbonyl (C=O) groups excluding carboxylic acids is 1. The summed E-state index contributed by atoms with van der Waals surface area (Å²) in [6.45, 7) is 2.52. The topological polar surface area (TPSA) is 85.2 Å². The molecule has 5 rings (SSSR count). The molecule has 2 amide bonds. The Morgan fingerprint density at radius 1 is 1.31 bits per heavy atom. The van der Waals surface area contributed by atoms with E-state index < -0.39 is 11.9 Å². The van der Waals surface area contributed by atoms with Gasteiger partial charge in [-0.25, -0.2) is 19.2 Å². The molecule has 1 aromatic carbocycles. The van der Waals surface area contributed by atoms with Crippen molar-refractivity contribution in [2.75, 3.05) is 19.8 Å². The van der Waals surface area contributed by atoms with Gasteiger partial charge < -0.3 is 15.0 Å². The Bertz CT molecular complexity index is 1210. The van der Waals surface area contributed by atoms with E-state index in [1.165, 1.54) is 12.1 Å². The molecule has 1 atom stereocenters. The Labute approximate surface area is 208 Å². The fraction of sp³-hybridized carbons (Fsp3) is 0.440. The Hall–Kier alpha value is -3.04. The largest absolute Gasteiger partial charge is 0.381 e. The van der Waals surface area contributed by atoms with Gasteiger partial charge in [0.05, 0.1) is 23.0 Å². The Morgan fingerprint density at radius 2 is 2.14 bits per heavy atom. The predicted octanol–water partition coefficient (Wildman–Crippen LogP) is 3.83. The number of nitrogens with one attached hydrogen (secondary N) is 1. The van der Waals surface area contributed by atoms with Gasteiger partial charge in [0.2, 0.25) is 0 Å². The van der Waals surface area contributed by atoms with Crippen LogP contribution in [0.25, 0.3) is 0 Å². The minimum Gasteiger partial charge on any atom is -0.381 e. The van der Waals surface area contributed by atoms with Gasteiger partial charge in [0.1, 0.15) is 17.7 Å². The van der Waals surface area contributed by atoms with Crippen LogP contribution in [0.1, 0.15) is 47.2 Å². The maximum atomic E-state index is 14.2. The number of fused-ring (bicyclic) bond motifs is 1. The van der Waals surface area contributed by atoms with E-state index in [1.807, 2.05) is 6.20 Å². The molecule has 10 heteroatoms. The van der Waals surface area contributed by atoms with Gasteiger partial charge in [0.25, 0.3) is 0 Å². The molecule has 0 bridgehead atoms. The summed E-state index contributed by atoms with van der Waals surface area (Å²) in [5.74, 6) is 0.810. The van der Waals surface area contributed by atoms with E-state index in [1.54, 1.807) is 35.0 Å². The van der Waals surface area contributed by atoms with E-state index in [2.05, 4.69) is 15.4 Å². The van der Waals surface area contributed by atoms with Crippen molar-refractivity contribution in [3.63, 3.8) is 0 Å². The third kappa shape index (κ3) is 5.46. The Balaban J connectivity index is 1.32. The second kappa shape index (κ2) is 10.3. The van der Waals surface area contributed by atoms with Gasteiger partial charge in [-0.1, -0.05) is 17.7 Å². The van der Waals surface area contributed by atoms with Crippen LogP contribution in [0.5, 0.6) is 0 Å². The highest BCUT2D eigenvalue weighted by Crippen LogP contribution is 2.26. The number of halogens is 2. The lowest BCUT2D eigenvalue weighted by Crippen LogP contribution is -2.44. The van der Waals surface area contributed by atoms with Crippen LogP contribution < -0.4 is 5.32 Å². The fourth-order valence-electron chi connectivity index (χ4n) is 4.65. The van der Waals surface area contributed by atoms with Crippen molar-refractivity contribution in [1.82, 2.24) is 30.0 Å². The van der Waals surface area contributed by atoms with Gasteiger partial charge in [-0.05, 0) is 54.5 Å². The van der Waals surface area contributed by atoms with Crippen LogP contribution in [-0.4, -0.2) is 50.4 Å². The third-order valence-electron chi connectivity index (χ3n) is 6.67. The number of aromatic nitrogens is 4. The first-order valence-corrected chi connectivity index (χ1v) is 12.3. The number of benzene rings is 1. The molecule has 0 aliphatic carbocycles. The van der Waals surface area contributed by atoms with E-state index in [9.17, 15) is 9.18 Å². The molecule has 1 saturated heterocycles. The van der Waals surface area contributed by atoms with Gasteiger partial charge in [-0.2, -0.15) is 5.10 Å². The minimum atomic E-state index is -0.619. The molecule has 3 aromatic rings. The molecule has 1 fully saturated rings. The van der Waals surface area contributed by atoms with Crippen molar-refractivity contribution in [3.05, 3.63) is 75.8 Å². The zero-order valence-corrected chi connectivity index (χ0v) is 20.3. The number of hydrogen-bond donors (Lipinski definition) is 1. The fourth-order valence-corrected chi connectivity index (χ4v) is 4.76. The maximum absolute atomic E-state index is 14.2. The van der Waals surface area contributed by atoms with Gasteiger partial charge in [-0.3, -0.25) is 4.68 Å². The lowest BCUT2D eigenvalue weighted by molar-refractivity contribution is 0.0659. The van der Waals surface area contributed by atoms with Crippen molar-refractivity contribution in [2.24, 2.45) is 13.0 Å². The van der Waals surface area contributed by atoms with Crippen LogP contribution in [0.4, 0.5) is 9.18 Å². The summed E-state index contributed by atoms with van der Waals surface area (Å²) in [7, 11) is 1.80. The SMILES string of the molecule is Cn1ccc([C@H](NC(=O)N2CCc3cnc(CC4CCOCC4)nc3C2)c2ccc(Cl)c(F)c2)n1. The molecule has 2 aliphatic rings. The number of rotatable bonds is 5. The third-order valence-corrected chi connectivity index (χ3v) is 6.98. The molecule has 2 aromatic heterocycles. The zero-order chi connectivity index (χ0) is 24.4. The lowest BCUT2D eigenvalue weighted by Gasteiger charge is -2.30. The molecule has 0 unspecified atom stereocenters. The van der Waals surface area contributed by atoms with Crippen LogP contribution in [0, 0.1) is 11.7 Å². The van der Waals surface area contributed by atoms with Gasteiger partial charge in [-0.15, -0.1) is 0 Å². The molecule has 1 N–H and O–H groups in total. The van der Waals surface area contributed by atoms with E-state index in [4.69, 9.17) is 21.3 Å². The number of hydrogen-bond acceptors (Lipinski definition) is 5. The smallest absolute Gasteiger partial charge is 0.318 e. The first-order chi connectivity index (χ1) is 17.0. The highest BCUT2D eigenvalue weighted by Gasteiger charge is 2.27. The monoisotopic (exact) mass is 498 g/mol. The summed E-state index contributed by atoms with van der Waals surface area (Å²) >= 11 is 5.88. The molecule has 0 spiro atoms. The van der Waals surface area contributed by atoms with Crippen molar-refractivity contribution in [1.29, 1.82) is 0 Å². The molecular formula is C25H28ClFN6O2. The molecular weight excluding hydrogens is 471 g/mol. The molecule has 4 heterocycles. The van der Waals surface area contributed by atoms with Crippen LogP contribution in [0.2, 0.25) is 5.02 Å². The van der Waals surface area contributed by atoms with Crippen LogP contribution >= 0.6 is 11.6 Å². The van der Waals surface area contributed by atoms with E-state index in [-0.39, 0.29) is 11.1 Å². The normalized spacial score (nSPS) is 17.2. The summed E-state index contributed by atoms with van der Waals surface area (Å²) in [5.41, 5.74) is 3.14. The van der Waals surface area contributed by atoms with E-state index in [0.717, 1.165) is 49.6 Å². The average Bonchev–Trinajstić information content (AvgIpc) is 3.30. The summed E-state index contributed by atoms with van der Waals surface area (Å²) in [5, 5.41) is 7.50. The predicted molar refractivity (Wildman–Crippen MR) is 128 cm³/mol. The van der Waals surface area contributed by atoms with Crippen LogP contribution in [0.15, 0.2) is 36.7 Å². The highest BCUT2D eigenvalue weighted by molar-refractivity contribution is 6.30. The average molecular weight is 499 g/mol. The molecule has 2 aliphatic heterocycles. The zero-order valence-electron chi connectivity index (χ0n) is 19.6. The van der Waals surface area contributed by atoms with Crippen molar-refractivity contribution in [3.8, 4) is 0 Å². The molecule has 35 heavy (non-hydrogen) atoms. The summed E-state index contributed by atoms with van der Waals surface area (Å²) in [6.07, 6.45) is 7.25. The molecule has 0 saturated carbocycles. The van der Waals surface area contributed by atoms with Gasteiger partial charge in [0, 0.05) is 45.6 Å². The van der Waals surface area contributed by atoms with Crippen molar-refractivity contribution in [2.45, 2.75) is 38.3 Å². The number of urea groups is 1. The first-order valence-electron chi connectivity index (χ1n) is 11.9. The van der Waals surface area contributed by atoms with E-state index in [0.29, 0.717) is 36.7 Å². The maximum Gasteiger partial charge on any atom is 0.318 e. The molecule has 0 radical (unpaired) electrons. The quantitative estimate of drug-likeness (QED) is 0.578. The van der Waals surface area contributed by atoms with Crippen LogP contribution in [0.3, 0.4) is 0 Å². The summed E-state index contributed by atoms with van der Waals surface area (Å²) in [4.78, 5) is 24.4. The van der Waals surface area contributed by atoms with E-state index >= 15 is 0 Å². The number of carbonyl (C=O) groups is 1. The minimum absolute atomic E-state index is 0.0312. The second-order valence-electron chi connectivity index (χ2n) is 9.16. The Kier molecular flexibility index (Phi) is 6.97. The standard InChI is InChI=1S/C25H28ClFN6O2/c1-32-8-5-21(31-32)24(17-2-3-19(26)20(27)13-17)30-25(34)33-9-4-18-14-28-23(29-22(18)15-33)12-16-6-10-35-11-7-16/h2-3,5,8,13-14,16,24H,4,6-7,9-12,15H2,1H3,(H,30,34)/t24-/m1/s1. The molecule has 184 valence electrons. The van der Waals surface area contributed by atoms with Gasteiger partial charge in [0.15, 0.2) is 0 Å². The number of aryl methyl sites for hydroxylation is 1.